The number of hydrogen-bond donors (Lipinski definition) is 3. The first-order valence-corrected chi connectivity index (χ1v) is 3.83. The predicted molar refractivity (Wildman–Crippen MR) is 45.9 cm³/mol. The number of carboxylic acids is 1. The molecule has 4 nitrogen and oxygen atoms in total. The van der Waals surface area contributed by atoms with Gasteiger partial charge in [-0.05, 0) is 13.8 Å². The highest BCUT2D eigenvalue weighted by atomic mass is 16.4. The Bertz CT molecular complexity index is 175. The van der Waals surface area contributed by atoms with Crippen LogP contribution in [-0.2, 0) is 4.79 Å². The molecule has 0 radical (unpaired) electrons. The molecule has 0 bridgehead atoms. The molecule has 0 rings (SSSR count). The van der Waals surface area contributed by atoms with Crippen LogP contribution in [0.4, 0.5) is 0 Å². The lowest BCUT2D eigenvalue weighted by molar-refractivity contribution is -0.132. The Labute approximate surface area is 71.9 Å². The van der Waals surface area contributed by atoms with Crippen molar-refractivity contribution >= 4 is 5.97 Å². The number of aliphatic hydroxyl groups excluding tert-OH is 1. The van der Waals surface area contributed by atoms with Crippen LogP contribution in [0.5, 0.6) is 0 Å². The Balaban J connectivity index is 3.54. The van der Waals surface area contributed by atoms with Crippen molar-refractivity contribution in [1.29, 1.82) is 0 Å². The van der Waals surface area contributed by atoms with Gasteiger partial charge in [0.1, 0.15) is 0 Å². The summed E-state index contributed by atoms with van der Waals surface area (Å²) in [5, 5.41) is 20.2. The van der Waals surface area contributed by atoms with E-state index in [0.717, 1.165) is 0 Å². The molecule has 0 aromatic heterocycles. The van der Waals surface area contributed by atoms with E-state index in [9.17, 15) is 4.79 Å². The van der Waals surface area contributed by atoms with Crippen LogP contribution in [0.25, 0.3) is 0 Å². The van der Waals surface area contributed by atoms with Crippen LogP contribution >= 0.6 is 0 Å². The Hall–Kier alpha value is -0.870. The Morgan fingerprint density at radius 3 is 2.67 bits per heavy atom. The SMILES string of the molecule is C/C(=C/CNCC(C)O)C(=O)O. The minimum Gasteiger partial charge on any atom is -0.478 e. The lowest BCUT2D eigenvalue weighted by Gasteiger charge is -2.03. The van der Waals surface area contributed by atoms with Crippen molar-refractivity contribution in [2.75, 3.05) is 13.1 Å². The van der Waals surface area contributed by atoms with Gasteiger partial charge < -0.3 is 15.5 Å². The smallest absolute Gasteiger partial charge is 0.330 e. The number of rotatable bonds is 5. The summed E-state index contributed by atoms with van der Waals surface area (Å²) >= 11 is 0. The maximum absolute atomic E-state index is 10.3. The summed E-state index contributed by atoms with van der Waals surface area (Å²) in [6, 6.07) is 0. The van der Waals surface area contributed by atoms with E-state index >= 15 is 0 Å². The van der Waals surface area contributed by atoms with Crippen LogP contribution in [0.2, 0.25) is 0 Å². The van der Waals surface area contributed by atoms with E-state index in [4.69, 9.17) is 10.2 Å². The standard InChI is InChI=1S/C8H15NO3/c1-6(8(11)12)3-4-9-5-7(2)10/h3,7,9-10H,4-5H2,1-2H3,(H,11,12)/b6-3-. The van der Waals surface area contributed by atoms with Crippen LogP contribution < -0.4 is 5.32 Å². The van der Waals surface area contributed by atoms with Crippen LogP contribution in [-0.4, -0.2) is 35.4 Å². The molecule has 0 fully saturated rings. The maximum Gasteiger partial charge on any atom is 0.330 e. The third-order valence-electron chi connectivity index (χ3n) is 1.33. The average Bonchev–Trinajstić information content (AvgIpc) is 1.97. The zero-order valence-corrected chi connectivity index (χ0v) is 7.37. The van der Waals surface area contributed by atoms with Gasteiger partial charge in [0.05, 0.1) is 6.10 Å². The molecule has 0 aromatic carbocycles. The van der Waals surface area contributed by atoms with Crippen molar-refractivity contribution < 1.29 is 15.0 Å². The third-order valence-corrected chi connectivity index (χ3v) is 1.33. The van der Waals surface area contributed by atoms with Crippen molar-refractivity contribution in [2.24, 2.45) is 0 Å². The molecule has 0 aromatic rings. The molecule has 12 heavy (non-hydrogen) atoms. The Morgan fingerprint density at radius 1 is 1.67 bits per heavy atom. The third kappa shape index (κ3) is 5.88. The van der Waals surface area contributed by atoms with E-state index in [1.807, 2.05) is 0 Å². The van der Waals surface area contributed by atoms with E-state index in [1.165, 1.54) is 6.92 Å². The largest absolute Gasteiger partial charge is 0.478 e. The highest BCUT2D eigenvalue weighted by molar-refractivity contribution is 5.85. The predicted octanol–water partition coefficient (Wildman–Crippen LogP) is -0.0123. The molecular weight excluding hydrogens is 158 g/mol. The lowest BCUT2D eigenvalue weighted by atomic mass is 10.3. The van der Waals surface area contributed by atoms with Crippen LogP contribution in [0.15, 0.2) is 11.6 Å². The topological polar surface area (TPSA) is 69.6 Å². The molecule has 0 heterocycles. The molecule has 0 aliphatic rings. The minimum atomic E-state index is -0.908. The van der Waals surface area contributed by atoms with Gasteiger partial charge in [-0.1, -0.05) is 6.08 Å². The Morgan fingerprint density at radius 2 is 2.25 bits per heavy atom. The average molecular weight is 173 g/mol. The van der Waals surface area contributed by atoms with Gasteiger partial charge in [0.25, 0.3) is 0 Å². The monoisotopic (exact) mass is 173 g/mol. The van der Waals surface area contributed by atoms with E-state index in [2.05, 4.69) is 5.32 Å². The molecule has 1 atom stereocenters. The zero-order chi connectivity index (χ0) is 9.56. The van der Waals surface area contributed by atoms with Gasteiger partial charge in [-0.25, -0.2) is 4.79 Å². The minimum absolute atomic E-state index is 0.313. The first-order valence-electron chi connectivity index (χ1n) is 3.83. The van der Waals surface area contributed by atoms with Crippen LogP contribution in [0.1, 0.15) is 13.8 Å². The molecule has 0 saturated carbocycles. The summed E-state index contributed by atoms with van der Waals surface area (Å²) in [5.74, 6) is -0.908. The molecule has 0 amide bonds. The molecule has 4 heteroatoms. The van der Waals surface area contributed by atoms with Gasteiger partial charge in [0.15, 0.2) is 0 Å². The van der Waals surface area contributed by atoms with Gasteiger partial charge in [0.2, 0.25) is 0 Å². The molecule has 0 spiro atoms. The van der Waals surface area contributed by atoms with E-state index in [0.29, 0.717) is 18.7 Å². The molecule has 0 aliphatic heterocycles. The number of aliphatic carboxylic acids is 1. The van der Waals surface area contributed by atoms with Crippen LogP contribution in [0, 0.1) is 0 Å². The Kier molecular flexibility index (Phi) is 5.32. The maximum atomic E-state index is 10.3. The molecule has 3 N–H and O–H groups in total. The second-order valence-corrected chi connectivity index (χ2v) is 2.70. The molecule has 1 unspecified atom stereocenters. The van der Waals surface area contributed by atoms with Gasteiger partial charge in [-0.15, -0.1) is 0 Å². The molecule has 0 saturated heterocycles. The summed E-state index contributed by atoms with van der Waals surface area (Å²) < 4.78 is 0. The summed E-state index contributed by atoms with van der Waals surface area (Å²) in [6.45, 7) is 4.15. The fourth-order valence-electron chi connectivity index (χ4n) is 0.605. The first kappa shape index (κ1) is 11.1. The van der Waals surface area contributed by atoms with Gasteiger partial charge in [-0.2, -0.15) is 0 Å². The van der Waals surface area contributed by atoms with Crippen LogP contribution in [0.3, 0.4) is 0 Å². The summed E-state index contributed by atoms with van der Waals surface area (Å²) in [7, 11) is 0. The highest BCUT2D eigenvalue weighted by Crippen LogP contribution is 1.89. The van der Waals surface area contributed by atoms with Crippen molar-refractivity contribution in [3.05, 3.63) is 11.6 Å². The molecular formula is C8H15NO3. The van der Waals surface area contributed by atoms with Crippen molar-refractivity contribution in [3.63, 3.8) is 0 Å². The van der Waals surface area contributed by atoms with Gasteiger partial charge >= 0.3 is 5.97 Å². The molecule has 70 valence electrons. The normalized spacial score (nSPS) is 14.4. The summed E-state index contributed by atoms with van der Waals surface area (Å²) in [6.07, 6.45) is 1.17. The highest BCUT2D eigenvalue weighted by Gasteiger charge is 1.97. The first-order chi connectivity index (χ1) is 5.54. The fraction of sp³-hybridized carbons (Fsp3) is 0.625. The quantitative estimate of drug-likeness (QED) is 0.404. The summed E-state index contributed by atoms with van der Waals surface area (Å²) in [5.41, 5.74) is 0.313. The van der Waals surface area contributed by atoms with Crippen molar-refractivity contribution in [1.82, 2.24) is 5.32 Å². The van der Waals surface area contributed by atoms with Crippen molar-refractivity contribution in [2.45, 2.75) is 20.0 Å². The van der Waals surface area contributed by atoms with E-state index < -0.39 is 12.1 Å². The second-order valence-electron chi connectivity index (χ2n) is 2.70. The fourth-order valence-corrected chi connectivity index (χ4v) is 0.605. The molecule has 0 aliphatic carbocycles. The second kappa shape index (κ2) is 5.74. The number of nitrogens with one attached hydrogen (secondary N) is 1. The van der Waals surface area contributed by atoms with Crippen molar-refractivity contribution in [3.8, 4) is 0 Å². The van der Waals surface area contributed by atoms with E-state index in [1.54, 1.807) is 13.0 Å². The zero-order valence-electron chi connectivity index (χ0n) is 7.37. The lowest BCUT2D eigenvalue weighted by Crippen LogP contribution is -2.24. The number of hydrogen-bond acceptors (Lipinski definition) is 3. The van der Waals surface area contributed by atoms with Gasteiger partial charge in [-0.3, -0.25) is 0 Å². The summed E-state index contributed by atoms with van der Waals surface area (Å²) in [4.78, 5) is 10.3. The van der Waals surface area contributed by atoms with Gasteiger partial charge in [0, 0.05) is 18.7 Å². The number of carbonyl (C=O) groups is 1. The number of aliphatic hydroxyl groups is 1. The number of carboxylic acid groups (broad SMARTS) is 1. The van der Waals surface area contributed by atoms with E-state index in [-0.39, 0.29) is 0 Å².